The predicted octanol–water partition coefficient (Wildman–Crippen LogP) is 2.94. The van der Waals surface area contributed by atoms with Gasteiger partial charge in [0.15, 0.2) is 0 Å². The molecule has 0 aliphatic rings. The molecule has 0 amide bonds. The maximum atomic E-state index is 11.6. The molecule has 1 atom stereocenters. The van der Waals surface area contributed by atoms with Crippen molar-refractivity contribution in [2.45, 2.75) is 53.5 Å². The van der Waals surface area contributed by atoms with E-state index in [0.29, 0.717) is 11.8 Å². The molecule has 3 nitrogen and oxygen atoms in total. The first-order valence-corrected chi connectivity index (χ1v) is 6.70. The molecule has 0 spiro atoms. The third-order valence-electron chi connectivity index (χ3n) is 3.08. The molecular formula is C14H29NO2. The molecule has 0 fully saturated rings. The summed E-state index contributed by atoms with van der Waals surface area (Å²) in [6, 6.07) is -0.127. The highest BCUT2D eigenvalue weighted by molar-refractivity contribution is 5.75. The van der Waals surface area contributed by atoms with Crippen molar-refractivity contribution < 1.29 is 9.53 Å². The van der Waals surface area contributed by atoms with Crippen molar-refractivity contribution in [3.8, 4) is 0 Å². The summed E-state index contributed by atoms with van der Waals surface area (Å²) in [6.07, 6.45) is 2.25. The van der Waals surface area contributed by atoms with Gasteiger partial charge in [-0.15, -0.1) is 0 Å². The first-order valence-electron chi connectivity index (χ1n) is 6.70. The maximum Gasteiger partial charge on any atom is 0.322 e. The highest BCUT2D eigenvalue weighted by Gasteiger charge is 2.21. The quantitative estimate of drug-likeness (QED) is 0.614. The summed E-state index contributed by atoms with van der Waals surface area (Å²) in [5.41, 5.74) is 0. The third-order valence-corrected chi connectivity index (χ3v) is 3.08. The monoisotopic (exact) mass is 243 g/mol. The second-order valence-electron chi connectivity index (χ2n) is 5.60. The number of esters is 1. The van der Waals surface area contributed by atoms with Crippen molar-refractivity contribution in [1.29, 1.82) is 0 Å². The Morgan fingerprint density at radius 3 is 1.71 bits per heavy atom. The Morgan fingerprint density at radius 2 is 1.41 bits per heavy atom. The molecule has 0 bridgehead atoms. The molecule has 0 saturated heterocycles. The van der Waals surface area contributed by atoms with Crippen LogP contribution in [0.3, 0.4) is 0 Å². The Bertz CT molecular complexity index is 202. The Labute approximate surface area is 107 Å². The number of methoxy groups -OCH3 is 1. The number of hydrogen-bond donors (Lipinski definition) is 0. The van der Waals surface area contributed by atoms with Crippen molar-refractivity contribution >= 4 is 5.97 Å². The topological polar surface area (TPSA) is 29.5 Å². The van der Waals surface area contributed by atoms with Crippen LogP contribution in [-0.4, -0.2) is 37.1 Å². The summed E-state index contributed by atoms with van der Waals surface area (Å²) in [6.45, 7) is 12.7. The normalized spacial score (nSPS) is 13.5. The second kappa shape index (κ2) is 8.51. The number of rotatable bonds is 8. The molecule has 1 unspecified atom stereocenters. The third kappa shape index (κ3) is 7.37. The van der Waals surface area contributed by atoms with Crippen molar-refractivity contribution in [1.82, 2.24) is 4.90 Å². The van der Waals surface area contributed by atoms with Crippen LogP contribution >= 0.6 is 0 Å². The van der Waals surface area contributed by atoms with E-state index >= 15 is 0 Å². The van der Waals surface area contributed by atoms with Gasteiger partial charge in [-0.25, -0.2) is 0 Å². The summed E-state index contributed by atoms with van der Waals surface area (Å²) >= 11 is 0. The van der Waals surface area contributed by atoms with Gasteiger partial charge in [0.05, 0.1) is 7.11 Å². The first kappa shape index (κ1) is 16.4. The summed E-state index contributed by atoms with van der Waals surface area (Å²) in [5.74, 6) is 1.21. The second-order valence-corrected chi connectivity index (χ2v) is 5.60. The molecule has 0 aromatic rings. The van der Waals surface area contributed by atoms with Gasteiger partial charge in [0.25, 0.3) is 0 Å². The molecule has 0 rings (SSSR count). The highest BCUT2D eigenvalue weighted by Crippen LogP contribution is 2.10. The van der Waals surface area contributed by atoms with E-state index < -0.39 is 0 Å². The molecule has 0 aliphatic carbocycles. The largest absolute Gasteiger partial charge is 0.468 e. The van der Waals surface area contributed by atoms with Crippen molar-refractivity contribution in [2.75, 3.05) is 20.2 Å². The van der Waals surface area contributed by atoms with Gasteiger partial charge in [-0.05, 0) is 44.7 Å². The fraction of sp³-hybridized carbons (Fsp3) is 0.929. The van der Waals surface area contributed by atoms with Crippen LogP contribution in [0.15, 0.2) is 0 Å². The summed E-state index contributed by atoms with van der Waals surface area (Å²) in [7, 11) is 1.46. The molecule has 0 N–H and O–H groups in total. The summed E-state index contributed by atoms with van der Waals surface area (Å²) in [5, 5.41) is 0. The van der Waals surface area contributed by atoms with Crippen LogP contribution < -0.4 is 0 Å². The maximum absolute atomic E-state index is 11.6. The molecule has 0 radical (unpaired) electrons. The lowest BCUT2D eigenvalue weighted by atomic mass is 10.1. The zero-order valence-corrected chi connectivity index (χ0v) is 12.3. The van der Waals surface area contributed by atoms with Gasteiger partial charge in [-0.3, -0.25) is 9.69 Å². The van der Waals surface area contributed by atoms with Crippen LogP contribution in [0.1, 0.15) is 47.5 Å². The van der Waals surface area contributed by atoms with E-state index in [1.54, 1.807) is 0 Å². The standard InChI is InChI=1S/C14H29NO2/c1-11(2)7-9-15(10-8-12(3)4)13(5)14(16)17-6/h11-13H,7-10H2,1-6H3. The molecule has 3 heteroatoms. The van der Waals surface area contributed by atoms with E-state index in [-0.39, 0.29) is 12.0 Å². The van der Waals surface area contributed by atoms with Crippen LogP contribution in [0.5, 0.6) is 0 Å². The summed E-state index contributed by atoms with van der Waals surface area (Å²) in [4.78, 5) is 13.8. The molecule has 0 aromatic carbocycles. The van der Waals surface area contributed by atoms with Crippen LogP contribution in [0.4, 0.5) is 0 Å². The van der Waals surface area contributed by atoms with Crippen molar-refractivity contribution in [2.24, 2.45) is 11.8 Å². The highest BCUT2D eigenvalue weighted by atomic mass is 16.5. The first-order chi connectivity index (χ1) is 7.88. The summed E-state index contributed by atoms with van der Waals surface area (Å²) < 4.78 is 4.83. The van der Waals surface area contributed by atoms with Crippen LogP contribution in [0.25, 0.3) is 0 Å². The van der Waals surface area contributed by atoms with E-state index in [1.807, 2.05) is 6.92 Å². The van der Waals surface area contributed by atoms with Crippen LogP contribution in [-0.2, 0) is 9.53 Å². The lowest BCUT2D eigenvalue weighted by Gasteiger charge is -2.28. The minimum Gasteiger partial charge on any atom is -0.468 e. The Hall–Kier alpha value is -0.570. The molecule has 0 aliphatic heterocycles. The van der Waals surface area contributed by atoms with Gasteiger partial charge < -0.3 is 4.74 Å². The molecule has 0 saturated carbocycles. The van der Waals surface area contributed by atoms with E-state index in [2.05, 4.69) is 32.6 Å². The van der Waals surface area contributed by atoms with Gasteiger partial charge >= 0.3 is 5.97 Å². The fourth-order valence-corrected chi connectivity index (χ4v) is 1.67. The van der Waals surface area contributed by atoms with E-state index in [1.165, 1.54) is 7.11 Å². The average molecular weight is 243 g/mol. The molecule has 0 aromatic heterocycles. The van der Waals surface area contributed by atoms with Gasteiger partial charge in [-0.1, -0.05) is 27.7 Å². The van der Waals surface area contributed by atoms with E-state index in [9.17, 15) is 4.79 Å². The van der Waals surface area contributed by atoms with Gasteiger partial charge in [0, 0.05) is 0 Å². The van der Waals surface area contributed by atoms with Crippen LogP contribution in [0.2, 0.25) is 0 Å². The lowest BCUT2D eigenvalue weighted by molar-refractivity contribution is -0.146. The van der Waals surface area contributed by atoms with Gasteiger partial charge in [0.1, 0.15) is 6.04 Å². The average Bonchev–Trinajstić information content (AvgIpc) is 2.26. The number of carbonyl (C=O) groups excluding carboxylic acids is 1. The SMILES string of the molecule is COC(=O)C(C)N(CCC(C)C)CCC(C)C. The lowest BCUT2D eigenvalue weighted by Crippen LogP contribution is -2.41. The zero-order chi connectivity index (χ0) is 13.4. The Balaban J connectivity index is 4.32. The Kier molecular flexibility index (Phi) is 8.23. The number of nitrogens with zero attached hydrogens (tertiary/aromatic N) is 1. The molecular weight excluding hydrogens is 214 g/mol. The zero-order valence-electron chi connectivity index (χ0n) is 12.3. The minimum absolute atomic E-state index is 0.127. The minimum atomic E-state index is -0.127. The van der Waals surface area contributed by atoms with Crippen molar-refractivity contribution in [3.63, 3.8) is 0 Å². The van der Waals surface area contributed by atoms with Crippen molar-refractivity contribution in [3.05, 3.63) is 0 Å². The molecule has 17 heavy (non-hydrogen) atoms. The van der Waals surface area contributed by atoms with Gasteiger partial charge in [0.2, 0.25) is 0 Å². The fourth-order valence-electron chi connectivity index (χ4n) is 1.67. The van der Waals surface area contributed by atoms with Gasteiger partial charge in [-0.2, -0.15) is 0 Å². The van der Waals surface area contributed by atoms with E-state index in [0.717, 1.165) is 25.9 Å². The number of ether oxygens (including phenoxy) is 1. The predicted molar refractivity (Wildman–Crippen MR) is 72.0 cm³/mol. The number of hydrogen-bond acceptors (Lipinski definition) is 3. The smallest absolute Gasteiger partial charge is 0.322 e. The molecule has 0 heterocycles. The Morgan fingerprint density at radius 1 is 1.00 bits per heavy atom. The number of carbonyl (C=O) groups is 1. The van der Waals surface area contributed by atoms with E-state index in [4.69, 9.17) is 4.74 Å². The molecule has 102 valence electrons. The van der Waals surface area contributed by atoms with Crippen LogP contribution in [0, 0.1) is 11.8 Å².